The van der Waals surface area contributed by atoms with Gasteiger partial charge in [0.15, 0.2) is 0 Å². The zero-order chi connectivity index (χ0) is 29.1. The number of unbranched alkanes of at least 4 members (excludes halogenated alkanes) is 1. The number of nitrogens with zero attached hydrogens (tertiary/aromatic N) is 5. The van der Waals surface area contributed by atoms with E-state index in [1.54, 1.807) is 23.6 Å². The summed E-state index contributed by atoms with van der Waals surface area (Å²) in [6, 6.07) is 17.8. The second kappa shape index (κ2) is 12.3. The highest BCUT2D eigenvalue weighted by molar-refractivity contribution is 9.10. The number of aliphatic carboxylic acids is 1. The highest BCUT2D eigenvalue weighted by Gasteiger charge is 2.20. The van der Waals surface area contributed by atoms with Crippen LogP contribution in [0.5, 0.6) is 0 Å². The first kappa shape index (κ1) is 27.8. The summed E-state index contributed by atoms with van der Waals surface area (Å²) >= 11 is 5.34. The van der Waals surface area contributed by atoms with Crippen LogP contribution in [0.25, 0.3) is 39.8 Å². The molecule has 6 rings (SSSR count). The number of aromatic amines is 1. The highest BCUT2D eigenvalue weighted by atomic mass is 79.9. The lowest BCUT2D eigenvalue weighted by molar-refractivity contribution is -0.132. The quantitative estimate of drug-likeness (QED) is 0.141. The number of rotatable bonds is 11. The molecule has 9 nitrogen and oxygen atoms in total. The summed E-state index contributed by atoms with van der Waals surface area (Å²) in [6.45, 7) is 2.69. The zero-order valence-corrected chi connectivity index (χ0v) is 25.2. The van der Waals surface area contributed by atoms with E-state index in [0.29, 0.717) is 30.1 Å². The molecule has 0 unspecified atom stereocenters. The Kier molecular flexibility index (Phi) is 8.11. The number of aromatic nitrogens is 6. The molecule has 2 N–H and O–H groups in total. The Morgan fingerprint density at radius 2 is 2.02 bits per heavy atom. The van der Waals surface area contributed by atoms with Gasteiger partial charge in [0.25, 0.3) is 0 Å². The molecule has 0 bridgehead atoms. The van der Waals surface area contributed by atoms with E-state index in [0.717, 1.165) is 67.8 Å². The molecule has 0 saturated carbocycles. The number of fused-ring (bicyclic) bond motifs is 1. The van der Waals surface area contributed by atoms with E-state index in [-0.39, 0.29) is 0 Å². The van der Waals surface area contributed by atoms with Gasteiger partial charge in [0.05, 0.1) is 16.4 Å². The number of thiophene rings is 1. The highest BCUT2D eigenvalue weighted by Crippen LogP contribution is 2.41. The molecule has 0 aliphatic carbocycles. The van der Waals surface area contributed by atoms with Crippen molar-refractivity contribution in [3.63, 3.8) is 0 Å². The zero-order valence-electron chi connectivity index (χ0n) is 22.7. The average molecular weight is 644 g/mol. The Balaban J connectivity index is 1.37. The smallest absolute Gasteiger partial charge is 0.332 e. The van der Waals surface area contributed by atoms with E-state index in [1.807, 2.05) is 53.9 Å². The Bertz CT molecular complexity index is 1870. The molecule has 0 fully saturated rings. The third kappa shape index (κ3) is 5.70. The lowest BCUT2D eigenvalue weighted by Gasteiger charge is -2.12. The van der Waals surface area contributed by atoms with Crippen molar-refractivity contribution in [2.45, 2.75) is 39.2 Å². The maximum absolute atomic E-state index is 12.2. The number of carboxylic acids is 1. The van der Waals surface area contributed by atoms with Crippen molar-refractivity contribution < 1.29 is 14.3 Å². The minimum absolute atomic E-state index is 0.332. The first-order valence-electron chi connectivity index (χ1n) is 13.6. The van der Waals surface area contributed by atoms with Crippen molar-refractivity contribution in [2.24, 2.45) is 0 Å². The molecule has 0 aliphatic rings. The number of hydrogen-bond donors (Lipinski definition) is 2. The van der Waals surface area contributed by atoms with Gasteiger partial charge in [0, 0.05) is 46.3 Å². The molecule has 11 heteroatoms. The predicted molar refractivity (Wildman–Crippen MR) is 166 cm³/mol. The number of furan rings is 1. The van der Waals surface area contributed by atoms with E-state index in [9.17, 15) is 9.90 Å². The largest absolute Gasteiger partial charge is 0.478 e. The minimum Gasteiger partial charge on any atom is -0.478 e. The maximum Gasteiger partial charge on any atom is 0.332 e. The Morgan fingerprint density at radius 3 is 2.76 bits per heavy atom. The van der Waals surface area contributed by atoms with Crippen LogP contribution >= 0.6 is 27.3 Å². The van der Waals surface area contributed by atoms with Crippen LogP contribution in [0.1, 0.15) is 41.7 Å². The summed E-state index contributed by atoms with van der Waals surface area (Å²) in [5.74, 6) is 1.17. The van der Waals surface area contributed by atoms with Crippen LogP contribution < -0.4 is 0 Å². The molecule has 6 aromatic rings. The van der Waals surface area contributed by atoms with E-state index >= 15 is 0 Å². The van der Waals surface area contributed by atoms with Crippen LogP contribution in [0, 0.1) is 0 Å². The molecule has 0 amide bonds. The van der Waals surface area contributed by atoms with Gasteiger partial charge in [-0.1, -0.05) is 49.7 Å². The number of carboxylic acid groups (broad SMARTS) is 1. The van der Waals surface area contributed by atoms with Gasteiger partial charge in [-0.25, -0.2) is 9.78 Å². The molecule has 4 aromatic heterocycles. The molecule has 4 heterocycles. The summed E-state index contributed by atoms with van der Waals surface area (Å²) in [6.07, 6.45) is 6.75. The third-order valence-electron chi connectivity index (χ3n) is 7.06. The standard InChI is InChI=1S/C31H27BrN6O3S/c1-2-3-10-27-33-17-21(15-20(31(39)40)16-22-7-6-13-42-22)38(27)18-19-11-12-26-25(14-19)28(32)29(41-26)23-8-4-5-9-24(23)30-34-36-37-35-30/h4-9,11-15,17H,2-3,10,16,18H2,1H3,(H,39,40)(H,34,35,36,37)/b20-15+. The van der Waals surface area contributed by atoms with Gasteiger partial charge in [-0.15, -0.1) is 21.5 Å². The van der Waals surface area contributed by atoms with Crippen LogP contribution in [-0.2, 0) is 24.2 Å². The summed E-state index contributed by atoms with van der Waals surface area (Å²) in [5, 5.41) is 27.4. The SMILES string of the molecule is CCCCc1ncc(/C=C(\Cc2cccs2)C(=O)O)n1Cc1ccc2oc(-c3ccccc3-c3nn[nH]n3)c(Br)c2c1. The van der Waals surface area contributed by atoms with Crippen LogP contribution in [0.2, 0.25) is 0 Å². The van der Waals surface area contributed by atoms with Gasteiger partial charge in [-0.3, -0.25) is 0 Å². The van der Waals surface area contributed by atoms with Gasteiger partial charge < -0.3 is 14.1 Å². The Hall–Kier alpha value is -4.35. The second-order valence-electron chi connectivity index (χ2n) is 9.88. The van der Waals surface area contributed by atoms with Gasteiger partial charge in [-0.05, 0) is 62.8 Å². The number of hydrogen-bond acceptors (Lipinski definition) is 7. The monoisotopic (exact) mass is 642 g/mol. The topological polar surface area (TPSA) is 123 Å². The molecule has 0 atom stereocenters. The van der Waals surface area contributed by atoms with Gasteiger partial charge in [0.2, 0.25) is 5.82 Å². The van der Waals surface area contributed by atoms with Gasteiger partial charge >= 0.3 is 5.97 Å². The van der Waals surface area contributed by atoms with Crippen LogP contribution in [0.4, 0.5) is 0 Å². The molecule has 0 saturated heterocycles. The maximum atomic E-state index is 12.2. The van der Waals surface area contributed by atoms with Crippen molar-refractivity contribution in [1.82, 2.24) is 30.2 Å². The number of H-pyrrole nitrogens is 1. The van der Waals surface area contributed by atoms with E-state index in [4.69, 9.17) is 9.40 Å². The lowest BCUT2D eigenvalue weighted by Crippen LogP contribution is -2.09. The third-order valence-corrected chi connectivity index (χ3v) is 8.72. The number of tetrazole rings is 1. The fourth-order valence-electron chi connectivity index (χ4n) is 4.95. The van der Waals surface area contributed by atoms with E-state index in [1.165, 1.54) is 0 Å². The summed E-state index contributed by atoms with van der Waals surface area (Å²) in [5.41, 5.74) is 4.54. The number of imidazole rings is 1. The Labute approximate surface area is 254 Å². The van der Waals surface area contributed by atoms with Crippen LogP contribution in [0.3, 0.4) is 0 Å². The average Bonchev–Trinajstić information content (AvgIpc) is 3.82. The van der Waals surface area contributed by atoms with Crippen molar-refractivity contribution >= 4 is 50.3 Å². The predicted octanol–water partition coefficient (Wildman–Crippen LogP) is 7.40. The fourth-order valence-corrected chi connectivity index (χ4v) is 6.28. The van der Waals surface area contributed by atoms with Crippen LogP contribution in [-0.4, -0.2) is 41.3 Å². The van der Waals surface area contributed by atoms with Gasteiger partial charge in [0.1, 0.15) is 17.2 Å². The molecule has 2 aromatic carbocycles. The number of carbonyl (C=O) groups is 1. The Morgan fingerprint density at radius 1 is 1.17 bits per heavy atom. The molecule has 0 spiro atoms. The van der Waals surface area contributed by atoms with E-state index in [2.05, 4.69) is 54.1 Å². The number of aryl methyl sites for hydroxylation is 1. The fraction of sp³-hybridized carbons (Fsp3) is 0.194. The summed E-state index contributed by atoms with van der Waals surface area (Å²) < 4.78 is 9.27. The normalized spacial score (nSPS) is 11.9. The molecular weight excluding hydrogens is 616 g/mol. The summed E-state index contributed by atoms with van der Waals surface area (Å²) in [7, 11) is 0. The van der Waals surface area contributed by atoms with Crippen molar-refractivity contribution in [2.75, 3.05) is 0 Å². The first-order valence-corrected chi connectivity index (χ1v) is 15.2. The minimum atomic E-state index is -0.927. The lowest BCUT2D eigenvalue weighted by atomic mass is 10.0. The molecule has 212 valence electrons. The van der Waals surface area contributed by atoms with Crippen molar-refractivity contribution in [1.29, 1.82) is 0 Å². The molecule has 42 heavy (non-hydrogen) atoms. The number of halogens is 1. The second-order valence-corrected chi connectivity index (χ2v) is 11.7. The summed E-state index contributed by atoms with van der Waals surface area (Å²) in [4.78, 5) is 17.9. The van der Waals surface area contributed by atoms with Crippen molar-refractivity contribution in [3.05, 3.63) is 98.2 Å². The number of nitrogens with one attached hydrogen (secondary N) is 1. The van der Waals surface area contributed by atoms with Gasteiger partial charge in [-0.2, -0.15) is 5.21 Å². The molecule has 0 radical (unpaired) electrons. The first-order chi connectivity index (χ1) is 20.5. The van der Waals surface area contributed by atoms with Crippen LogP contribution in [0.15, 0.2) is 80.6 Å². The molecule has 0 aliphatic heterocycles. The van der Waals surface area contributed by atoms with E-state index < -0.39 is 5.97 Å². The number of benzene rings is 2. The molecular formula is C31H27BrN6O3S. The van der Waals surface area contributed by atoms with Crippen molar-refractivity contribution in [3.8, 4) is 22.7 Å².